The van der Waals surface area contributed by atoms with Crippen molar-refractivity contribution in [3.8, 4) is 0 Å². The second kappa shape index (κ2) is 6.56. The molecule has 128 valence electrons. The summed E-state index contributed by atoms with van der Waals surface area (Å²) in [5.41, 5.74) is 2.00. The molecule has 3 aromatic heterocycles. The molecule has 0 spiro atoms. The van der Waals surface area contributed by atoms with Crippen molar-refractivity contribution < 1.29 is 9.90 Å². The third-order valence-electron chi connectivity index (χ3n) is 4.64. The van der Waals surface area contributed by atoms with E-state index in [0.29, 0.717) is 30.5 Å². The molecule has 1 atom stereocenters. The van der Waals surface area contributed by atoms with Gasteiger partial charge in [0.25, 0.3) is 5.91 Å². The van der Waals surface area contributed by atoms with Crippen LogP contribution in [0.15, 0.2) is 42.7 Å². The molecule has 4 rings (SSSR count). The van der Waals surface area contributed by atoms with E-state index in [9.17, 15) is 9.90 Å². The standard InChI is InChI=1S/C17H18N6O2/c24-14-7-12(8-14)15(9-13-3-1-2-6-18-13)19-17(25)11-4-5-16-20-21-22-23(16)10-11/h1-6,10,12,14-15,24H,7-9H2,(H,19,25)/t12?,14?,15-/m1/s1. The fourth-order valence-electron chi connectivity index (χ4n) is 3.17. The van der Waals surface area contributed by atoms with Crippen molar-refractivity contribution in [3.05, 3.63) is 54.0 Å². The first kappa shape index (κ1) is 15.6. The van der Waals surface area contributed by atoms with E-state index in [0.717, 1.165) is 5.69 Å². The van der Waals surface area contributed by atoms with Gasteiger partial charge in [-0.25, -0.2) is 0 Å². The first-order chi connectivity index (χ1) is 12.2. The first-order valence-electron chi connectivity index (χ1n) is 8.25. The number of carbonyl (C=O) groups is 1. The maximum absolute atomic E-state index is 12.7. The van der Waals surface area contributed by atoms with Gasteiger partial charge in [-0.1, -0.05) is 6.07 Å². The van der Waals surface area contributed by atoms with Gasteiger partial charge in [0.1, 0.15) is 0 Å². The van der Waals surface area contributed by atoms with Crippen LogP contribution in [0.2, 0.25) is 0 Å². The van der Waals surface area contributed by atoms with Crippen molar-refractivity contribution in [1.29, 1.82) is 0 Å². The summed E-state index contributed by atoms with van der Waals surface area (Å²) in [6.07, 6.45) is 5.11. The zero-order valence-electron chi connectivity index (χ0n) is 13.5. The molecule has 3 heterocycles. The first-order valence-corrected chi connectivity index (χ1v) is 8.25. The highest BCUT2D eigenvalue weighted by atomic mass is 16.3. The van der Waals surface area contributed by atoms with E-state index in [2.05, 4.69) is 25.8 Å². The van der Waals surface area contributed by atoms with Crippen LogP contribution in [0.3, 0.4) is 0 Å². The summed E-state index contributed by atoms with van der Waals surface area (Å²) in [4.78, 5) is 17.0. The second-order valence-electron chi connectivity index (χ2n) is 6.39. The van der Waals surface area contributed by atoms with Crippen LogP contribution >= 0.6 is 0 Å². The molecule has 1 aliphatic rings. The molecule has 1 amide bonds. The van der Waals surface area contributed by atoms with Crippen LogP contribution in [-0.4, -0.2) is 48.2 Å². The summed E-state index contributed by atoms with van der Waals surface area (Å²) in [6, 6.07) is 9.08. The Hall–Kier alpha value is -2.87. The van der Waals surface area contributed by atoms with Crippen molar-refractivity contribution in [3.63, 3.8) is 0 Å². The predicted molar refractivity (Wildman–Crippen MR) is 88.7 cm³/mol. The number of nitrogens with zero attached hydrogens (tertiary/aromatic N) is 5. The number of carbonyl (C=O) groups excluding carboxylic acids is 1. The molecular formula is C17H18N6O2. The number of fused-ring (bicyclic) bond motifs is 1. The van der Waals surface area contributed by atoms with E-state index in [1.54, 1.807) is 24.5 Å². The zero-order valence-corrected chi connectivity index (χ0v) is 13.5. The number of rotatable bonds is 5. The third-order valence-corrected chi connectivity index (χ3v) is 4.64. The number of amides is 1. The lowest BCUT2D eigenvalue weighted by Crippen LogP contribution is -2.48. The lowest BCUT2D eigenvalue weighted by molar-refractivity contribution is 0.0237. The SMILES string of the molecule is O=C(N[C@H](Cc1ccccn1)C1CC(O)C1)c1ccc2nnnn2c1. The summed E-state index contributed by atoms with van der Waals surface area (Å²) < 4.78 is 1.47. The van der Waals surface area contributed by atoms with Crippen LogP contribution in [0.25, 0.3) is 5.65 Å². The van der Waals surface area contributed by atoms with Gasteiger partial charge in [0, 0.05) is 30.6 Å². The fraction of sp³-hybridized carbons (Fsp3) is 0.353. The van der Waals surface area contributed by atoms with E-state index in [1.165, 1.54) is 4.52 Å². The van der Waals surface area contributed by atoms with Crippen molar-refractivity contribution in [2.45, 2.75) is 31.4 Å². The van der Waals surface area contributed by atoms with Crippen LogP contribution < -0.4 is 5.32 Å². The van der Waals surface area contributed by atoms with Gasteiger partial charge in [-0.2, -0.15) is 4.52 Å². The number of aliphatic hydroxyl groups is 1. The van der Waals surface area contributed by atoms with Gasteiger partial charge >= 0.3 is 0 Å². The zero-order chi connectivity index (χ0) is 17.2. The van der Waals surface area contributed by atoms with Gasteiger partial charge in [-0.05, 0) is 53.5 Å². The number of pyridine rings is 2. The predicted octanol–water partition coefficient (Wildman–Crippen LogP) is 0.631. The summed E-state index contributed by atoms with van der Waals surface area (Å²) in [5, 5.41) is 23.9. The van der Waals surface area contributed by atoms with Crippen molar-refractivity contribution >= 4 is 11.6 Å². The topological polar surface area (TPSA) is 105 Å². The highest BCUT2D eigenvalue weighted by molar-refractivity contribution is 5.94. The molecule has 8 nitrogen and oxygen atoms in total. The van der Waals surface area contributed by atoms with E-state index < -0.39 is 0 Å². The van der Waals surface area contributed by atoms with Crippen LogP contribution in [0, 0.1) is 5.92 Å². The minimum absolute atomic E-state index is 0.0737. The molecule has 1 aliphatic carbocycles. The van der Waals surface area contributed by atoms with Crippen molar-refractivity contribution in [2.24, 2.45) is 5.92 Å². The number of aliphatic hydroxyl groups excluding tert-OH is 1. The highest BCUT2D eigenvalue weighted by Gasteiger charge is 2.35. The minimum atomic E-state index is -0.272. The van der Waals surface area contributed by atoms with Crippen LogP contribution in [0.5, 0.6) is 0 Å². The number of hydrogen-bond acceptors (Lipinski definition) is 6. The maximum atomic E-state index is 12.7. The molecule has 3 aromatic rings. The molecule has 1 saturated carbocycles. The lowest BCUT2D eigenvalue weighted by atomic mass is 9.76. The third kappa shape index (κ3) is 3.34. The molecule has 0 radical (unpaired) electrons. The Balaban J connectivity index is 1.51. The molecule has 0 aliphatic heterocycles. The van der Waals surface area contributed by atoms with E-state index in [-0.39, 0.29) is 24.0 Å². The van der Waals surface area contributed by atoms with Gasteiger partial charge in [-0.3, -0.25) is 9.78 Å². The number of tetrazole rings is 1. The molecule has 2 N–H and O–H groups in total. The van der Waals surface area contributed by atoms with E-state index >= 15 is 0 Å². The Bertz CT molecular complexity index is 875. The monoisotopic (exact) mass is 338 g/mol. The van der Waals surface area contributed by atoms with E-state index in [1.807, 2.05) is 18.2 Å². The average Bonchev–Trinajstić information content (AvgIpc) is 3.07. The van der Waals surface area contributed by atoms with Crippen molar-refractivity contribution in [2.75, 3.05) is 0 Å². The van der Waals surface area contributed by atoms with Crippen LogP contribution in [0.4, 0.5) is 0 Å². The molecule has 0 bridgehead atoms. The quantitative estimate of drug-likeness (QED) is 0.707. The minimum Gasteiger partial charge on any atom is -0.393 e. The molecule has 25 heavy (non-hydrogen) atoms. The van der Waals surface area contributed by atoms with E-state index in [4.69, 9.17) is 0 Å². The Labute approximate surface area is 143 Å². The number of hydrogen-bond donors (Lipinski definition) is 2. The fourth-order valence-corrected chi connectivity index (χ4v) is 3.17. The van der Waals surface area contributed by atoms with Gasteiger partial charge in [0.05, 0.1) is 11.7 Å². The van der Waals surface area contributed by atoms with Crippen molar-refractivity contribution in [1.82, 2.24) is 30.3 Å². The number of aromatic nitrogens is 5. The second-order valence-corrected chi connectivity index (χ2v) is 6.39. The average molecular weight is 338 g/mol. The molecule has 0 aromatic carbocycles. The van der Waals surface area contributed by atoms with Gasteiger partial charge in [0.2, 0.25) is 0 Å². The largest absolute Gasteiger partial charge is 0.393 e. The normalized spacial score (nSPS) is 20.8. The lowest BCUT2D eigenvalue weighted by Gasteiger charge is -2.38. The Morgan fingerprint density at radius 3 is 2.96 bits per heavy atom. The summed E-state index contributed by atoms with van der Waals surface area (Å²) in [6.45, 7) is 0. The maximum Gasteiger partial charge on any atom is 0.253 e. The van der Waals surface area contributed by atoms with Gasteiger partial charge < -0.3 is 10.4 Å². The Kier molecular flexibility index (Phi) is 4.10. The molecule has 0 saturated heterocycles. The molecular weight excluding hydrogens is 320 g/mol. The highest BCUT2D eigenvalue weighted by Crippen LogP contribution is 2.31. The van der Waals surface area contributed by atoms with Gasteiger partial charge in [-0.15, -0.1) is 5.10 Å². The molecule has 8 heteroatoms. The Morgan fingerprint density at radius 1 is 1.32 bits per heavy atom. The number of nitrogens with one attached hydrogen (secondary N) is 1. The summed E-state index contributed by atoms with van der Waals surface area (Å²) in [5.74, 6) is 0.0671. The summed E-state index contributed by atoms with van der Waals surface area (Å²) in [7, 11) is 0. The molecule has 0 unspecified atom stereocenters. The van der Waals surface area contributed by atoms with Crippen LogP contribution in [0.1, 0.15) is 28.9 Å². The Morgan fingerprint density at radius 2 is 2.20 bits per heavy atom. The van der Waals surface area contributed by atoms with Crippen LogP contribution in [-0.2, 0) is 6.42 Å². The molecule has 1 fully saturated rings. The smallest absolute Gasteiger partial charge is 0.253 e. The van der Waals surface area contributed by atoms with Gasteiger partial charge in [0.15, 0.2) is 5.65 Å². The summed E-state index contributed by atoms with van der Waals surface area (Å²) >= 11 is 0.